The quantitative estimate of drug-likeness (QED) is 0.538. The SMILES string of the molecule is CC(=O)OC1CC(C)=CCCC(C)=CC(=O)CC2=CC(OC2=O)C1C(C)C. The molecule has 0 aromatic heterocycles. The van der Waals surface area contributed by atoms with Crippen LogP contribution in [0.25, 0.3) is 0 Å². The minimum Gasteiger partial charge on any atom is -0.462 e. The lowest BCUT2D eigenvalue weighted by Crippen LogP contribution is -2.38. The number of fused-ring (bicyclic) bond motifs is 1. The van der Waals surface area contributed by atoms with Gasteiger partial charge in [-0.05, 0) is 44.8 Å². The molecule has 0 aromatic carbocycles. The van der Waals surface area contributed by atoms with Crippen molar-refractivity contribution in [3.63, 3.8) is 0 Å². The molecule has 2 rings (SSSR count). The van der Waals surface area contributed by atoms with E-state index in [1.807, 2.05) is 27.7 Å². The zero-order chi connectivity index (χ0) is 20.1. The Labute approximate surface area is 161 Å². The molecule has 27 heavy (non-hydrogen) atoms. The number of hydrogen-bond donors (Lipinski definition) is 0. The number of allylic oxidation sites excluding steroid dienone is 3. The van der Waals surface area contributed by atoms with Gasteiger partial charge in [-0.1, -0.05) is 31.1 Å². The fourth-order valence-corrected chi connectivity index (χ4v) is 3.84. The van der Waals surface area contributed by atoms with E-state index in [-0.39, 0.29) is 36.1 Å². The Kier molecular flexibility index (Phi) is 7.17. The summed E-state index contributed by atoms with van der Waals surface area (Å²) >= 11 is 0. The highest BCUT2D eigenvalue weighted by Crippen LogP contribution is 2.34. The van der Waals surface area contributed by atoms with Gasteiger partial charge >= 0.3 is 11.9 Å². The van der Waals surface area contributed by atoms with Gasteiger partial charge in [0.05, 0.1) is 0 Å². The van der Waals surface area contributed by atoms with E-state index < -0.39 is 12.1 Å². The molecule has 5 heteroatoms. The Morgan fingerprint density at radius 3 is 2.56 bits per heavy atom. The van der Waals surface area contributed by atoms with E-state index in [4.69, 9.17) is 9.47 Å². The summed E-state index contributed by atoms with van der Waals surface area (Å²) in [6.07, 6.45) is 6.86. The minimum absolute atomic E-state index is 0.0462. The first-order valence-electron chi connectivity index (χ1n) is 9.62. The van der Waals surface area contributed by atoms with E-state index in [2.05, 4.69) is 6.08 Å². The zero-order valence-electron chi connectivity index (χ0n) is 16.9. The van der Waals surface area contributed by atoms with Crippen molar-refractivity contribution < 1.29 is 23.9 Å². The number of rotatable bonds is 2. The first-order chi connectivity index (χ1) is 12.7. The van der Waals surface area contributed by atoms with Crippen molar-refractivity contribution in [1.29, 1.82) is 0 Å². The van der Waals surface area contributed by atoms with Crippen molar-refractivity contribution in [3.8, 4) is 0 Å². The van der Waals surface area contributed by atoms with E-state index >= 15 is 0 Å². The first-order valence-corrected chi connectivity index (χ1v) is 9.62. The molecule has 5 nitrogen and oxygen atoms in total. The average Bonchev–Trinajstić information content (AvgIpc) is 2.85. The highest BCUT2D eigenvalue weighted by molar-refractivity contribution is 6.01. The molecule has 0 aromatic rings. The van der Waals surface area contributed by atoms with Gasteiger partial charge in [0.25, 0.3) is 0 Å². The summed E-state index contributed by atoms with van der Waals surface area (Å²) in [5.74, 6) is -0.933. The van der Waals surface area contributed by atoms with Gasteiger partial charge in [-0.3, -0.25) is 9.59 Å². The summed E-state index contributed by atoms with van der Waals surface area (Å²) in [7, 11) is 0. The van der Waals surface area contributed by atoms with Crippen LogP contribution in [0.2, 0.25) is 0 Å². The van der Waals surface area contributed by atoms with Crippen molar-refractivity contribution in [2.75, 3.05) is 0 Å². The van der Waals surface area contributed by atoms with Crippen molar-refractivity contribution in [2.24, 2.45) is 11.8 Å². The first kappa shape index (κ1) is 21.1. The largest absolute Gasteiger partial charge is 0.462 e. The molecule has 1 heterocycles. The van der Waals surface area contributed by atoms with Gasteiger partial charge < -0.3 is 9.47 Å². The Hall–Kier alpha value is -2.17. The number of carbonyl (C=O) groups is 3. The van der Waals surface area contributed by atoms with Crippen LogP contribution in [0.5, 0.6) is 0 Å². The Morgan fingerprint density at radius 1 is 1.22 bits per heavy atom. The fraction of sp³-hybridized carbons (Fsp3) is 0.591. The van der Waals surface area contributed by atoms with Gasteiger partial charge in [0.15, 0.2) is 5.78 Å². The van der Waals surface area contributed by atoms with Crippen LogP contribution in [0.4, 0.5) is 0 Å². The van der Waals surface area contributed by atoms with E-state index in [1.54, 1.807) is 12.2 Å². The summed E-state index contributed by atoms with van der Waals surface area (Å²) < 4.78 is 11.2. The molecule has 0 saturated carbocycles. The Bertz CT molecular complexity index is 695. The molecule has 0 fully saturated rings. The topological polar surface area (TPSA) is 69.7 Å². The van der Waals surface area contributed by atoms with Gasteiger partial charge in [-0.2, -0.15) is 0 Å². The number of ether oxygens (including phenoxy) is 2. The lowest BCUT2D eigenvalue weighted by Gasteiger charge is -2.33. The van der Waals surface area contributed by atoms with E-state index in [1.165, 1.54) is 6.92 Å². The molecule has 3 atom stereocenters. The molecule has 0 radical (unpaired) electrons. The Morgan fingerprint density at radius 2 is 1.93 bits per heavy atom. The fourth-order valence-electron chi connectivity index (χ4n) is 3.84. The van der Waals surface area contributed by atoms with E-state index in [0.717, 1.165) is 24.0 Å². The van der Waals surface area contributed by atoms with Crippen LogP contribution in [0.15, 0.2) is 34.9 Å². The molecule has 1 aliphatic carbocycles. The molecule has 3 unspecified atom stereocenters. The summed E-state index contributed by atoms with van der Waals surface area (Å²) in [5, 5.41) is 0. The van der Waals surface area contributed by atoms with Gasteiger partial charge in [0.1, 0.15) is 12.2 Å². The summed E-state index contributed by atoms with van der Waals surface area (Å²) in [6, 6.07) is 0. The molecule has 2 aliphatic rings. The van der Waals surface area contributed by atoms with Crippen molar-refractivity contribution in [1.82, 2.24) is 0 Å². The van der Waals surface area contributed by atoms with Crippen molar-refractivity contribution in [3.05, 3.63) is 34.9 Å². The predicted molar refractivity (Wildman–Crippen MR) is 103 cm³/mol. The Balaban J connectivity index is 2.43. The third-order valence-electron chi connectivity index (χ3n) is 5.09. The normalized spacial score (nSPS) is 27.3. The van der Waals surface area contributed by atoms with Crippen LogP contribution in [0.1, 0.15) is 60.3 Å². The maximum Gasteiger partial charge on any atom is 0.334 e. The summed E-state index contributed by atoms with van der Waals surface area (Å²) in [6.45, 7) is 9.40. The second-order valence-electron chi connectivity index (χ2n) is 7.96. The third kappa shape index (κ3) is 5.91. The number of hydrogen-bond acceptors (Lipinski definition) is 5. The molecule has 2 bridgehead atoms. The molecule has 0 spiro atoms. The molecule has 148 valence electrons. The highest BCUT2D eigenvalue weighted by Gasteiger charge is 2.39. The smallest absolute Gasteiger partial charge is 0.334 e. The number of esters is 2. The van der Waals surface area contributed by atoms with Crippen LogP contribution in [0.3, 0.4) is 0 Å². The lowest BCUT2D eigenvalue weighted by atomic mass is 9.82. The lowest BCUT2D eigenvalue weighted by molar-refractivity contribution is -0.156. The van der Waals surface area contributed by atoms with Gasteiger partial charge in [0.2, 0.25) is 0 Å². The average molecular weight is 374 g/mol. The molecule has 0 amide bonds. The highest BCUT2D eigenvalue weighted by atomic mass is 16.6. The van der Waals surface area contributed by atoms with E-state index in [0.29, 0.717) is 12.0 Å². The summed E-state index contributed by atoms with van der Waals surface area (Å²) in [5.41, 5.74) is 2.50. The minimum atomic E-state index is -0.495. The molecular weight excluding hydrogens is 344 g/mol. The maximum atomic E-state index is 12.3. The molecular formula is C22H30O5. The van der Waals surface area contributed by atoms with Crippen LogP contribution in [-0.2, 0) is 23.9 Å². The van der Waals surface area contributed by atoms with Gasteiger partial charge in [-0.15, -0.1) is 0 Å². The van der Waals surface area contributed by atoms with Gasteiger partial charge in [-0.25, -0.2) is 4.79 Å². The van der Waals surface area contributed by atoms with E-state index in [9.17, 15) is 14.4 Å². The van der Waals surface area contributed by atoms with Crippen LogP contribution in [0, 0.1) is 11.8 Å². The maximum absolute atomic E-state index is 12.3. The number of ketones is 1. The molecule has 0 N–H and O–H groups in total. The van der Waals surface area contributed by atoms with Crippen LogP contribution < -0.4 is 0 Å². The second kappa shape index (κ2) is 9.16. The van der Waals surface area contributed by atoms with Crippen molar-refractivity contribution in [2.45, 2.75) is 72.5 Å². The standard InChI is InChI=1S/C22H30O5/c1-13(2)21-19(26-16(5)23)10-15(4)8-6-7-14(3)9-18(24)11-17-12-20(21)27-22(17)25/h8-9,12-13,19-21H,6-7,10-11H2,1-5H3. The van der Waals surface area contributed by atoms with Crippen molar-refractivity contribution >= 4 is 17.7 Å². The monoisotopic (exact) mass is 374 g/mol. The third-order valence-corrected chi connectivity index (χ3v) is 5.09. The predicted octanol–water partition coefficient (Wildman–Crippen LogP) is 4.08. The van der Waals surface area contributed by atoms with Crippen LogP contribution >= 0.6 is 0 Å². The second-order valence-corrected chi connectivity index (χ2v) is 7.96. The summed E-state index contributed by atoms with van der Waals surface area (Å²) in [4.78, 5) is 36.3. The zero-order valence-corrected chi connectivity index (χ0v) is 16.9. The number of carbonyl (C=O) groups excluding carboxylic acids is 3. The molecule has 0 saturated heterocycles. The van der Waals surface area contributed by atoms with Crippen LogP contribution in [-0.4, -0.2) is 29.9 Å². The molecule has 1 aliphatic heterocycles. The van der Waals surface area contributed by atoms with Gasteiger partial charge in [0, 0.05) is 31.3 Å².